The van der Waals surface area contributed by atoms with Crippen molar-refractivity contribution in [3.63, 3.8) is 0 Å². The van der Waals surface area contributed by atoms with Gasteiger partial charge in [-0.05, 0) is 31.9 Å². The van der Waals surface area contributed by atoms with Gasteiger partial charge in [0.05, 0.1) is 12.4 Å². The van der Waals surface area contributed by atoms with Crippen LogP contribution in [0.15, 0.2) is 29.4 Å². The number of hydrogen-bond acceptors (Lipinski definition) is 5. The molecule has 1 saturated heterocycles. The summed E-state index contributed by atoms with van der Waals surface area (Å²) in [6, 6.07) is 7.72. The van der Waals surface area contributed by atoms with Crippen molar-refractivity contribution < 1.29 is 9.53 Å². The van der Waals surface area contributed by atoms with Crippen LogP contribution < -0.4 is 4.74 Å². The molecule has 1 atom stereocenters. The van der Waals surface area contributed by atoms with E-state index in [0.29, 0.717) is 0 Å². The molecule has 1 fully saturated rings. The largest absolute Gasteiger partial charge is 0.497 e. The Hall–Kier alpha value is -2.02. The number of nitrogens with zero attached hydrogens (tertiary/aromatic N) is 4. The summed E-state index contributed by atoms with van der Waals surface area (Å²) < 4.78 is 7.19. The maximum atomic E-state index is 12.5. The summed E-state index contributed by atoms with van der Waals surface area (Å²) in [5, 5.41) is 9.12. The number of amides is 1. The van der Waals surface area contributed by atoms with Gasteiger partial charge in [0.15, 0.2) is 11.0 Å². The monoisotopic (exact) mass is 346 g/mol. The molecule has 0 aliphatic carbocycles. The van der Waals surface area contributed by atoms with Crippen LogP contribution in [0.2, 0.25) is 0 Å². The number of aromatic nitrogens is 3. The summed E-state index contributed by atoms with van der Waals surface area (Å²) in [6.07, 6.45) is 2.21. The van der Waals surface area contributed by atoms with Crippen LogP contribution in [0.4, 0.5) is 0 Å². The summed E-state index contributed by atoms with van der Waals surface area (Å²) >= 11 is 1.46. The molecule has 6 nitrogen and oxygen atoms in total. The molecule has 1 aliphatic rings. The minimum atomic E-state index is -0.163. The van der Waals surface area contributed by atoms with Crippen molar-refractivity contribution in [3.8, 4) is 17.1 Å². The van der Waals surface area contributed by atoms with Gasteiger partial charge in [0.1, 0.15) is 5.75 Å². The van der Waals surface area contributed by atoms with Crippen LogP contribution in [0.3, 0.4) is 0 Å². The Morgan fingerprint density at radius 1 is 1.29 bits per heavy atom. The van der Waals surface area contributed by atoms with Crippen LogP contribution in [0.5, 0.6) is 5.75 Å². The SMILES string of the molecule is COc1cccc(-c2nnc(S[C@@H](C)C(=O)N3CCCC3)n2C)c1. The lowest BCUT2D eigenvalue weighted by Crippen LogP contribution is -2.34. The second-order valence-electron chi connectivity index (χ2n) is 5.89. The van der Waals surface area contributed by atoms with E-state index in [4.69, 9.17) is 4.74 Å². The van der Waals surface area contributed by atoms with E-state index in [9.17, 15) is 4.79 Å². The minimum absolute atomic E-state index is 0.163. The normalized spacial score (nSPS) is 15.5. The Labute approximate surface area is 146 Å². The van der Waals surface area contributed by atoms with Gasteiger partial charge in [0.25, 0.3) is 0 Å². The number of ether oxygens (including phenoxy) is 1. The second-order valence-corrected chi connectivity index (χ2v) is 7.20. The van der Waals surface area contributed by atoms with E-state index in [1.165, 1.54) is 11.8 Å². The molecular formula is C17H22N4O2S. The third kappa shape index (κ3) is 3.40. The summed E-state index contributed by atoms with van der Waals surface area (Å²) in [7, 11) is 3.56. The molecule has 0 bridgehead atoms. The Bertz CT molecular complexity index is 725. The van der Waals surface area contributed by atoms with E-state index < -0.39 is 0 Å². The Kier molecular flexibility index (Phi) is 5.08. The fourth-order valence-corrected chi connectivity index (χ4v) is 3.73. The van der Waals surface area contributed by atoms with Gasteiger partial charge in [-0.15, -0.1) is 10.2 Å². The van der Waals surface area contributed by atoms with Crippen molar-refractivity contribution >= 4 is 17.7 Å². The molecule has 128 valence electrons. The predicted octanol–water partition coefficient (Wildman–Crippen LogP) is 2.59. The highest BCUT2D eigenvalue weighted by Gasteiger charge is 2.25. The first kappa shape index (κ1) is 16.8. The Morgan fingerprint density at radius 2 is 2.04 bits per heavy atom. The molecule has 2 aromatic rings. The molecular weight excluding hydrogens is 324 g/mol. The van der Waals surface area contributed by atoms with Gasteiger partial charge in [0.2, 0.25) is 5.91 Å². The number of carbonyl (C=O) groups is 1. The topological polar surface area (TPSA) is 60.3 Å². The molecule has 1 aromatic heterocycles. The first-order valence-electron chi connectivity index (χ1n) is 8.09. The molecule has 0 saturated carbocycles. The van der Waals surface area contributed by atoms with E-state index in [0.717, 1.165) is 48.2 Å². The first-order chi connectivity index (χ1) is 11.6. The van der Waals surface area contributed by atoms with Gasteiger partial charge in [-0.1, -0.05) is 23.9 Å². The van der Waals surface area contributed by atoms with Gasteiger partial charge in [-0.2, -0.15) is 0 Å². The molecule has 2 heterocycles. The van der Waals surface area contributed by atoms with Gasteiger partial charge in [-0.25, -0.2) is 0 Å². The predicted molar refractivity (Wildman–Crippen MR) is 94.1 cm³/mol. The summed E-state index contributed by atoms with van der Waals surface area (Å²) in [6.45, 7) is 3.68. The van der Waals surface area contributed by atoms with E-state index in [1.54, 1.807) is 7.11 Å². The number of thioether (sulfide) groups is 1. The lowest BCUT2D eigenvalue weighted by Gasteiger charge is -2.19. The standard InChI is InChI=1S/C17H22N4O2S/c1-12(16(22)21-9-4-5-10-21)24-17-19-18-15(20(17)2)13-7-6-8-14(11-13)23-3/h6-8,11-12H,4-5,9-10H2,1-3H3/t12-/m0/s1. The highest BCUT2D eigenvalue weighted by molar-refractivity contribution is 8.00. The van der Waals surface area contributed by atoms with Crippen LogP contribution in [0.1, 0.15) is 19.8 Å². The van der Waals surface area contributed by atoms with Crippen LogP contribution in [0.25, 0.3) is 11.4 Å². The van der Waals surface area contributed by atoms with E-state index in [1.807, 2.05) is 47.7 Å². The van der Waals surface area contributed by atoms with Gasteiger partial charge in [0, 0.05) is 25.7 Å². The average molecular weight is 346 g/mol. The maximum Gasteiger partial charge on any atom is 0.235 e. The van der Waals surface area contributed by atoms with Gasteiger partial charge in [-0.3, -0.25) is 4.79 Å². The number of carbonyl (C=O) groups excluding carboxylic acids is 1. The zero-order valence-electron chi connectivity index (χ0n) is 14.2. The van der Waals surface area contributed by atoms with Gasteiger partial charge >= 0.3 is 0 Å². The van der Waals surface area contributed by atoms with E-state index >= 15 is 0 Å². The number of likely N-dealkylation sites (tertiary alicyclic amines) is 1. The molecule has 0 unspecified atom stereocenters. The minimum Gasteiger partial charge on any atom is -0.497 e. The average Bonchev–Trinajstić information content (AvgIpc) is 3.25. The van der Waals surface area contributed by atoms with Crippen molar-refractivity contribution in [2.75, 3.05) is 20.2 Å². The number of methoxy groups -OCH3 is 1. The van der Waals surface area contributed by atoms with Crippen molar-refractivity contribution in [2.24, 2.45) is 7.05 Å². The van der Waals surface area contributed by atoms with Crippen molar-refractivity contribution in [1.82, 2.24) is 19.7 Å². The fraction of sp³-hybridized carbons (Fsp3) is 0.471. The van der Waals surface area contributed by atoms with E-state index in [2.05, 4.69) is 10.2 Å². The third-order valence-electron chi connectivity index (χ3n) is 4.21. The first-order valence-corrected chi connectivity index (χ1v) is 8.97. The number of benzene rings is 1. The van der Waals surface area contributed by atoms with Crippen LogP contribution in [-0.2, 0) is 11.8 Å². The lowest BCUT2D eigenvalue weighted by atomic mass is 10.2. The molecule has 0 spiro atoms. The summed E-state index contributed by atoms with van der Waals surface area (Å²) in [5.74, 6) is 1.72. The molecule has 1 aliphatic heterocycles. The third-order valence-corrected chi connectivity index (χ3v) is 5.33. The Balaban J connectivity index is 1.75. The quantitative estimate of drug-likeness (QED) is 0.779. The van der Waals surface area contributed by atoms with E-state index in [-0.39, 0.29) is 11.2 Å². The lowest BCUT2D eigenvalue weighted by molar-refractivity contribution is -0.129. The maximum absolute atomic E-state index is 12.5. The number of hydrogen-bond donors (Lipinski definition) is 0. The summed E-state index contributed by atoms with van der Waals surface area (Å²) in [5.41, 5.74) is 0.940. The van der Waals surface area contributed by atoms with Crippen molar-refractivity contribution in [2.45, 2.75) is 30.2 Å². The Morgan fingerprint density at radius 3 is 2.75 bits per heavy atom. The highest BCUT2D eigenvalue weighted by atomic mass is 32.2. The summed E-state index contributed by atoms with van der Waals surface area (Å²) in [4.78, 5) is 14.4. The van der Waals surface area contributed by atoms with Crippen molar-refractivity contribution in [1.29, 1.82) is 0 Å². The fourth-order valence-electron chi connectivity index (χ4n) is 2.83. The zero-order chi connectivity index (χ0) is 17.1. The zero-order valence-corrected chi connectivity index (χ0v) is 15.0. The number of rotatable bonds is 5. The molecule has 0 radical (unpaired) electrons. The van der Waals surface area contributed by atoms with Crippen LogP contribution in [0, 0.1) is 0 Å². The molecule has 3 rings (SSSR count). The molecule has 1 aromatic carbocycles. The molecule has 0 N–H and O–H groups in total. The smallest absolute Gasteiger partial charge is 0.235 e. The van der Waals surface area contributed by atoms with Crippen LogP contribution >= 0.6 is 11.8 Å². The van der Waals surface area contributed by atoms with Gasteiger partial charge < -0.3 is 14.2 Å². The molecule has 7 heteroatoms. The molecule has 1 amide bonds. The second kappa shape index (κ2) is 7.25. The van der Waals surface area contributed by atoms with Crippen LogP contribution in [-0.4, -0.2) is 51.0 Å². The molecule has 24 heavy (non-hydrogen) atoms. The van der Waals surface area contributed by atoms with Crippen molar-refractivity contribution in [3.05, 3.63) is 24.3 Å². The highest BCUT2D eigenvalue weighted by Crippen LogP contribution is 2.28.